The van der Waals surface area contributed by atoms with Crippen LogP contribution < -0.4 is 15.4 Å². The van der Waals surface area contributed by atoms with Gasteiger partial charge in [0.05, 0.1) is 18.4 Å². The van der Waals surface area contributed by atoms with Crippen molar-refractivity contribution in [3.8, 4) is 5.75 Å². The minimum atomic E-state index is -0.254. The third kappa shape index (κ3) is 5.71. The highest BCUT2D eigenvalue weighted by atomic mass is 35.5. The van der Waals surface area contributed by atoms with Crippen LogP contribution in [0.2, 0.25) is 0 Å². The molecule has 0 saturated carbocycles. The quantitative estimate of drug-likeness (QED) is 0.755. The number of halogens is 1. The second kappa shape index (κ2) is 10.8. The summed E-state index contributed by atoms with van der Waals surface area (Å²) < 4.78 is 5.12. The highest BCUT2D eigenvalue weighted by molar-refractivity contribution is 6.09. The lowest BCUT2D eigenvalue weighted by atomic mass is 9.96. The van der Waals surface area contributed by atoms with Crippen molar-refractivity contribution in [1.29, 1.82) is 0 Å². The molecule has 29 heavy (non-hydrogen) atoms. The van der Waals surface area contributed by atoms with E-state index in [2.05, 4.69) is 10.6 Å². The number of nitrogens with one attached hydrogen (secondary N) is 2. The van der Waals surface area contributed by atoms with Gasteiger partial charge in [0, 0.05) is 18.7 Å². The van der Waals surface area contributed by atoms with E-state index in [0.717, 1.165) is 32.5 Å². The molecule has 2 aromatic rings. The van der Waals surface area contributed by atoms with Crippen LogP contribution in [0.5, 0.6) is 5.75 Å². The summed E-state index contributed by atoms with van der Waals surface area (Å²) in [4.78, 5) is 27.5. The van der Waals surface area contributed by atoms with Crippen LogP contribution in [0.15, 0.2) is 48.5 Å². The number of benzene rings is 2. The number of anilines is 1. The molecular weight excluding hydrogens is 390 g/mol. The summed E-state index contributed by atoms with van der Waals surface area (Å²) >= 11 is 0. The van der Waals surface area contributed by atoms with Gasteiger partial charge in [-0.1, -0.05) is 12.1 Å². The largest absolute Gasteiger partial charge is 0.497 e. The van der Waals surface area contributed by atoms with Crippen LogP contribution in [0.4, 0.5) is 5.69 Å². The van der Waals surface area contributed by atoms with E-state index in [1.165, 1.54) is 0 Å². The number of hydrogen-bond donors (Lipinski definition) is 2. The molecule has 7 heteroatoms. The third-order valence-corrected chi connectivity index (χ3v) is 5.15. The summed E-state index contributed by atoms with van der Waals surface area (Å²) in [6, 6.07) is 14.1. The zero-order chi connectivity index (χ0) is 19.9. The van der Waals surface area contributed by atoms with Crippen molar-refractivity contribution in [3.05, 3.63) is 59.7 Å². The Kier molecular flexibility index (Phi) is 8.49. The van der Waals surface area contributed by atoms with Crippen molar-refractivity contribution in [2.24, 2.45) is 5.92 Å². The topological polar surface area (TPSA) is 70.7 Å². The normalized spacial score (nSPS) is 14.1. The molecule has 2 amide bonds. The summed E-state index contributed by atoms with van der Waals surface area (Å²) in [6.45, 7) is 2.47. The number of hydrogen-bond acceptors (Lipinski definition) is 4. The van der Waals surface area contributed by atoms with E-state index in [0.29, 0.717) is 28.5 Å². The monoisotopic (exact) mass is 417 g/mol. The lowest BCUT2D eigenvalue weighted by molar-refractivity contribution is 0.0692. The van der Waals surface area contributed by atoms with E-state index >= 15 is 0 Å². The van der Waals surface area contributed by atoms with E-state index in [4.69, 9.17) is 4.74 Å². The van der Waals surface area contributed by atoms with Crippen LogP contribution in [0.25, 0.3) is 0 Å². The zero-order valence-corrected chi connectivity index (χ0v) is 17.6. The smallest absolute Gasteiger partial charge is 0.255 e. The summed E-state index contributed by atoms with van der Waals surface area (Å²) in [7, 11) is 3.54. The fraction of sp³-hybridized carbons (Fsp3) is 0.364. The van der Waals surface area contributed by atoms with Crippen LogP contribution in [-0.2, 0) is 0 Å². The molecule has 1 saturated heterocycles. The maximum atomic E-state index is 13.0. The van der Waals surface area contributed by atoms with Gasteiger partial charge in [-0.25, -0.2) is 0 Å². The van der Waals surface area contributed by atoms with Gasteiger partial charge in [-0.15, -0.1) is 12.4 Å². The number of carbonyl (C=O) groups excluding carboxylic acids is 2. The van der Waals surface area contributed by atoms with Crippen LogP contribution in [0.3, 0.4) is 0 Å². The maximum Gasteiger partial charge on any atom is 0.255 e. The van der Waals surface area contributed by atoms with E-state index in [1.807, 2.05) is 24.1 Å². The Morgan fingerprint density at radius 2 is 1.72 bits per heavy atom. The van der Waals surface area contributed by atoms with Crippen LogP contribution in [0.1, 0.15) is 33.6 Å². The standard InChI is InChI=1S/C22H27N3O3.ClH/c1-23-15-16-11-13-25(14-12-16)22(27)19-5-3-4-6-20(19)24-21(26)17-7-9-18(28-2)10-8-17;/h3-10,16,23H,11-15H2,1-2H3,(H,24,26);1H. The van der Waals surface area contributed by atoms with Gasteiger partial charge in [0.2, 0.25) is 0 Å². The number of carbonyl (C=O) groups is 2. The van der Waals surface area contributed by atoms with E-state index in [9.17, 15) is 9.59 Å². The van der Waals surface area contributed by atoms with Crippen molar-refractivity contribution >= 4 is 29.9 Å². The lowest BCUT2D eigenvalue weighted by Gasteiger charge is -2.32. The molecule has 6 nitrogen and oxygen atoms in total. The number of likely N-dealkylation sites (tertiary alicyclic amines) is 1. The first-order valence-corrected chi connectivity index (χ1v) is 9.60. The summed E-state index contributed by atoms with van der Waals surface area (Å²) in [5.74, 6) is 1.01. The Morgan fingerprint density at radius 1 is 1.07 bits per heavy atom. The van der Waals surface area contributed by atoms with Crippen LogP contribution in [0, 0.1) is 5.92 Å². The van der Waals surface area contributed by atoms with E-state index < -0.39 is 0 Å². The molecular formula is C22H28ClN3O3. The Labute approximate surface area is 178 Å². The van der Waals surface area contributed by atoms with Crippen molar-refractivity contribution in [2.75, 3.05) is 39.1 Å². The molecule has 0 aliphatic carbocycles. The van der Waals surface area contributed by atoms with Crippen molar-refractivity contribution in [1.82, 2.24) is 10.2 Å². The number of ether oxygens (including phenoxy) is 1. The molecule has 2 N–H and O–H groups in total. The molecule has 0 unspecified atom stereocenters. The second-order valence-electron chi connectivity index (χ2n) is 7.02. The number of nitrogens with zero attached hydrogens (tertiary/aromatic N) is 1. The number of piperidine rings is 1. The first-order chi connectivity index (χ1) is 13.6. The maximum absolute atomic E-state index is 13.0. The fourth-order valence-electron chi connectivity index (χ4n) is 3.51. The average Bonchev–Trinajstić information content (AvgIpc) is 2.74. The SMILES string of the molecule is CNCC1CCN(C(=O)c2ccccc2NC(=O)c2ccc(OC)cc2)CC1.Cl. The van der Waals surface area contributed by atoms with Gasteiger partial charge in [-0.3, -0.25) is 9.59 Å². The molecule has 3 rings (SSSR count). The van der Waals surface area contributed by atoms with Gasteiger partial charge in [-0.2, -0.15) is 0 Å². The minimum Gasteiger partial charge on any atom is -0.497 e. The molecule has 1 fully saturated rings. The Bertz CT molecular complexity index is 818. The van der Waals surface area contributed by atoms with E-state index in [1.54, 1.807) is 43.5 Å². The Morgan fingerprint density at radius 3 is 2.34 bits per heavy atom. The van der Waals surface area contributed by atoms with Gasteiger partial charge < -0.3 is 20.3 Å². The third-order valence-electron chi connectivity index (χ3n) is 5.15. The number of methoxy groups -OCH3 is 1. The molecule has 2 aromatic carbocycles. The van der Waals surface area contributed by atoms with Crippen LogP contribution >= 0.6 is 12.4 Å². The zero-order valence-electron chi connectivity index (χ0n) is 16.8. The molecule has 1 heterocycles. The summed E-state index contributed by atoms with van der Waals surface area (Å²) in [6.07, 6.45) is 1.99. The van der Waals surface area contributed by atoms with Crippen molar-refractivity contribution in [3.63, 3.8) is 0 Å². The van der Waals surface area contributed by atoms with Gasteiger partial charge >= 0.3 is 0 Å². The number of amides is 2. The lowest BCUT2D eigenvalue weighted by Crippen LogP contribution is -2.40. The van der Waals surface area contributed by atoms with Gasteiger partial charge in [0.25, 0.3) is 11.8 Å². The number of rotatable bonds is 6. The molecule has 0 bridgehead atoms. The predicted molar refractivity (Wildman–Crippen MR) is 117 cm³/mol. The summed E-state index contributed by atoms with van der Waals surface area (Å²) in [5, 5.41) is 6.08. The molecule has 1 aliphatic rings. The molecule has 0 radical (unpaired) electrons. The second-order valence-corrected chi connectivity index (χ2v) is 7.02. The fourth-order valence-corrected chi connectivity index (χ4v) is 3.51. The Balaban J connectivity index is 0.00000300. The van der Waals surface area contributed by atoms with Crippen molar-refractivity contribution in [2.45, 2.75) is 12.8 Å². The molecule has 1 aliphatic heterocycles. The molecule has 0 atom stereocenters. The van der Waals surface area contributed by atoms with Gasteiger partial charge in [0.15, 0.2) is 0 Å². The first kappa shape index (κ1) is 22.7. The molecule has 156 valence electrons. The highest BCUT2D eigenvalue weighted by Gasteiger charge is 2.25. The molecule has 0 spiro atoms. The minimum absolute atomic E-state index is 0. The van der Waals surface area contributed by atoms with Gasteiger partial charge in [0.1, 0.15) is 5.75 Å². The number of para-hydroxylation sites is 1. The first-order valence-electron chi connectivity index (χ1n) is 9.60. The predicted octanol–water partition coefficient (Wildman–Crippen LogP) is 3.44. The summed E-state index contributed by atoms with van der Waals surface area (Å²) in [5.41, 5.74) is 1.57. The molecule has 0 aromatic heterocycles. The Hall–Kier alpha value is -2.57. The highest BCUT2D eigenvalue weighted by Crippen LogP contribution is 2.23. The van der Waals surface area contributed by atoms with Gasteiger partial charge in [-0.05, 0) is 68.8 Å². The van der Waals surface area contributed by atoms with Crippen molar-refractivity contribution < 1.29 is 14.3 Å². The van der Waals surface area contributed by atoms with E-state index in [-0.39, 0.29) is 24.2 Å². The van der Waals surface area contributed by atoms with Crippen LogP contribution in [-0.4, -0.2) is 50.5 Å². The average molecular weight is 418 g/mol.